The van der Waals surface area contributed by atoms with Gasteiger partial charge in [-0.2, -0.15) is 0 Å². The third-order valence-corrected chi connectivity index (χ3v) is 4.81. The Morgan fingerprint density at radius 3 is 1.88 bits per heavy atom. The highest BCUT2D eigenvalue weighted by molar-refractivity contribution is 4.93. The van der Waals surface area contributed by atoms with Gasteiger partial charge in [0, 0.05) is 25.2 Å². The Labute approximate surface area is 106 Å². The molecule has 98 valence electrons. The first-order valence-corrected chi connectivity index (χ1v) is 7.75. The summed E-state index contributed by atoms with van der Waals surface area (Å²) in [6, 6.07) is 0. The van der Waals surface area contributed by atoms with Crippen LogP contribution < -0.4 is 5.73 Å². The second kappa shape index (κ2) is 4.89. The SMILES string of the molecule is NC1(CN(CC2CC2)CC2CC2)CCCCC1. The van der Waals surface area contributed by atoms with Gasteiger partial charge in [0.15, 0.2) is 0 Å². The van der Waals surface area contributed by atoms with Crippen molar-refractivity contribution in [1.29, 1.82) is 0 Å². The highest BCUT2D eigenvalue weighted by Gasteiger charge is 2.34. The Balaban J connectivity index is 1.52. The van der Waals surface area contributed by atoms with Gasteiger partial charge in [0.1, 0.15) is 0 Å². The first-order valence-electron chi connectivity index (χ1n) is 7.75. The van der Waals surface area contributed by atoms with Crippen molar-refractivity contribution in [1.82, 2.24) is 4.90 Å². The fourth-order valence-corrected chi connectivity index (χ4v) is 3.39. The molecule has 0 spiro atoms. The van der Waals surface area contributed by atoms with Crippen molar-refractivity contribution >= 4 is 0 Å². The molecule has 0 bridgehead atoms. The molecule has 17 heavy (non-hydrogen) atoms. The lowest BCUT2D eigenvalue weighted by atomic mass is 9.82. The van der Waals surface area contributed by atoms with Gasteiger partial charge >= 0.3 is 0 Å². The minimum absolute atomic E-state index is 0.155. The van der Waals surface area contributed by atoms with Gasteiger partial charge in [-0.3, -0.25) is 0 Å². The molecule has 0 heterocycles. The van der Waals surface area contributed by atoms with Gasteiger partial charge in [0.05, 0.1) is 0 Å². The summed E-state index contributed by atoms with van der Waals surface area (Å²) in [5, 5.41) is 0. The van der Waals surface area contributed by atoms with Crippen LogP contribution in [0.5, 0.6) is 0 Å². The van der Waals surface area contributed by atoms with E-state index in [0.29, 0.717) is 0 Å². The summed E-state index contributed by atoms with van der Waals surface area (Å²) in [5.41, 5.74) is 6.77. The summed E-state index contributed by atoms with van der Waals surface area (Å²) in [6.07, 6.45) is 12.5. The van der Waals surface area contributed by atoms with Gasteiger partial charge in [-0.1, -0.05) is 19.3 Å². The van der Waals surface area contributed by atoms with Gasteiger partial charge in [-0.25, -0.2) is 0 Å². The second-order valence-electron chi connectivity index (χ2n) is 7.00. The molecule has 0 aliphatic heterocycles. The van der Waals surface area contributed by atoms with Crippen molar-refractivity contribution in [3.63, 3.8) is 0 Å². The molecule has 0 amide bonds. The van der Waals surface area contributed by atoms with Gasteiger partial charge in [0.25, 0.3) is 0 Å². The van der Waals surface area contributed by atoms with Crippen LogP contribution in [0.1, 0.15) is 57.8 Å². The zero-order valence-electron chi connectivity index (χ0n) is 11.2. The molecule has 0 aromatic rings. The van der Waals surface area contributed by atoms with Crippen molar-refractivity contribution in [2.75, 3.05) is 19.6 Å². The van der Waals surface area contributed by atoms with Crippen molar-refractivity contribution in [3.8, 4) is 0 Å². The van der Waals surface area contributed by atoms with Crippen molar-refractivity contribution in [2.45, 2.75) is 63.3 Å². The van der Waals surface area contributed by atoms with E-state index in [2.05, 4.69) is 4.90 Å². The zero-order chi connectivity index (χ0) is 11.7. The number of nitrogens with zero attached hydrogens (tertiary/aromatic N) is 1. The molecule has 2 N–H and O–H groups in total. The summed E-state index contributed by atoms with van der Waals surface area (Å²) >= 11 is 0. The highest BCUT2D eigenvalue weighted by atomic mass is 15.2. The lowest BCUT2D eigenvalue weighted by Gasteiger charge is -2.38. The number of hydrogen-bond acceptors (Lipinski definition) is 2. The first-order chi connectivity index (χ1) is 8.23. The molecule has 2 nitrogen and oxygen atoms in total. The molecule has 3 rings (SSSR count). The van der Waals surface area contributed by atoms with Crippen LogP contribution in [0.15, 0.2) is 0 Å². The molecule has 0 radical (unpaired) electrons. The third-order valence-electron chi connectivity index (χ3n) is 4.81. The molecule has 2 heteroatoms. The Morgan fingerprint density at radius 1 is 0.882 bits per heavy atom. The minimum Gasteiger partial charge on any atom is -0.324 e. The summed E-state index contributed by atoms with van der Waals surface area (Å²) in [5.74, 6) is 2.03. The van der Waals surface area contributed by atoms with E-state index in [1.807, 2.05) is 0 Å². The van der Waals surface area contributed by atoms with E-state index >= 15 is 0 Å². The van der Waals surface area contributed by atoms with Gasteiger partial charge in [0.2, 0.25) is 0 Å². The molecule has 3 fully saturated rings. The lowest BCUT2D eigenvalue weighted by Crippen LogP contribution is -2.52. The molecule has 0 unspecified atom stereocenters. The van der Waals surface area contributed by atoms with Crippen LogP contribution in [0.2, 0.25) is 0 Å². The molecule has 0 aromatic heterocycles. The first kappa shape index (κ1) is 12.0. The van der Waals surface area contributed by atoms with E-state index in [0.717, 1.165) is 11.8 Å². The fraction of sp³-hybridized carbons (Fsp3) is 1.00. The van der Waals surface area contributed by atoms with Crippen molar-refractivity contribution in [2.24, 2.45) is 17.6 Å². The third kappa shape index (κ3) is 3.69. The fourth-order valence-electron chi connectivity index (χ4n) is 3.39. The smallest absolute Gasteiger partial charge is 0.0283 e. The van der Waals surface area contributed by atoms with Crippen LogP contribution >= 0.6 is 0 Å². The predicted octanol–water partition coefficient (Wildman–Crippen LogP) is 2.77. The molecule has 0 atom stereocenters. The normalized spacial score (nSPS) is 28.6. The van der Waals surface area contributed by atoms with Crippen LogP contribution in [0.25, 0.3) is 0 Å². The van der Waals surface area contributed by atoms with E-state index in [1.54, 1.807) is 0 Å². The van der Waals surface area contributed by atoms with Crippen LogP contribution in [0, 0.1) is 11.8 Å². The summed E-state index contributed by atoms with van der Waals surface area (Å²) < 4.78 is 0. The molecule has 3 aliphatic rings. The average molecular weight is 236 g/mol. The van der Waals surface area contributed by atoms with Crippen LogP contribution in [0.4, 0.5) is 0 Å². The maximum Gasteiger partial charge on any atom is 0.0283 e. The lowest BCUT2D eigenvalue weighted by molar-refractivity contribution is 0.162. The molecule has 0 aromatic carbocycles. The molecular weight excluding hydrogens is 208 g/mol. The summed E-state index contributed by atoms with van der Waals surface area (Å²) in [4.78, 5) is 2.72. The quantitative estimate of drug-likeness (QED) is 0.768. The van der Waals surface area contributed by atoms with Crippen molar-refractivity contribution < 1.29 is 0 Å². The minimum atomic E-state index is 0.155. The molecule has 3 aliphatic carbocycles. The Bertz CT molecular complexity index is 236. The predicted molar refractivity (Wildman–Crippen MR) is 71.9 cm³/mol. The number of rotatable bonds is 6. The van der Waals surface area contributed by atoms with Gasteiger partial charge in [-0.05, 0) is 50.4 Å². The largest absolute Gasteiger partial charge is 0.324 e. The molecule has 3 saturated carbocycles. The van der Waals surface area contributed by atoms with Crippen LogP contribution in [-0.4, -0.2) is 30.1 Å². The standard InChI is InChI=1S/C15H28N2/c16-15(8-2-1-3-9-15)12-17(10-13-4-5-13)11-14-6-7-14/h13-14H,1-12,16H2. The van der Waals surface area contributed by atoms with E-state index in [9.17, 15) is 0 Å². The monoisotopic (exact) mass is 236 g/mol. The molecule has 0 saturated heterocycles. The topological polar surface area (TPSA) is 29.3 Å². The Kier molecular flexibility index (Phi) is 3.45. The average Bonchev–Trinajstić information content (AvgIpc) is 3.14. The van der Waals surface area contributed by atoms with Crippen LogP contribution in [-0.2, 0) is 0 Å². The maximum atomic E-state index is 6.61. The number of nitrogens with two attached hydrogens (primary N) is 1. The molecular formula is C15H28N2. The summed E-state index contributed by atoms with van der Waals surface area (Å²) in [7, 11) is 0. The summed E-state index contributed by atoms with van der Waals surface area (Å²) in [6.45, 7) is 3.87. The van der Waals surface area contributed by atoms with E-state index in [4.69, 9.17) is 5.73 Å². The van der Waals surface area contributed by atoms with E-state index in [-0.39, 0.29) is 5.54 Å². The highest BCUT2D eigenvalue weighted by Crippen LogP contribution is 2.35. The number of hydrogen-bond donors (Lipinski definition) is 1. The Hall–Kier alpha value is -0.0800. The van der Waals surface area contributed by atoms with Crippen LogP contribution in [0.3, 0.4) is 0 Å². The second-order valence-corrected chi connectivity index (χ2v) is 7.00. The van der Waals surface area contributed by atoms with E-state index < -0.39 is 0 Å². The zero-order valence-corrected chi connectivity index (χ0v) is 11.2. The van der Waals surface area contributed by atoms with Crippen molar-refractivity contribution in [3.05, 3.63) is 0 Å². The van der Waals surface area contributed by atoms with Gasteiger partial charge < -0.3 is 10.6 Å². The van der Waals surface area contributed by atoms with E-state index in [1.165, 1.54) is 77.4 Å². The van der Waals surface area contributed by atoms with Gasteiger partial charge in [-0.15, -0.1) is 0 Å². The maximum absolute atomic E-state index is 6.61. The Morgan fingerprint density at radius 2 is 1.41 bits per heavy atom.